The summed E-state index contributed by atoms with van der Waals surface area (Å²) in [5.41, 5.74) is 1.41. The smallest absolute Gasteiger partial charge is 0.347 e. The molecule has 2 aromatic rings. The summed E-state index contributed by atoms with van der Waals surface area (Å²) in [4.78, 5) is 0. The van der Waals surface area contributed by atoms with Crippen LogP contribution in [0.15, 0.2) is 60.7 Å². The summed E-state index contributed by atoms with van der Waals surface area (Å²) in [5, 5.41) is 8.65. The molecule has 0 amide bonds. The zero-order valence-electron chi connectivity index (χ0n) is 13.7. The number of rotatable bonds is 6. The van der Waals surface area contributed by atoms with Crippen molar-refractivity contribution >= 4 is 7.82 Å². The largest absolute Gasteiger partial charge is 0.478 e. The van der Waals surface area contributed by atoms with E-state index < -0.39 is 19.7 Å². The monoisotopic (exact) mass is 359 g/mol. The van der Waals surface area contributed by atoms with Crippen LogP contribution in [0.3, 0.4) is 0 Å². The van der Waals surface area contributed by atoms with Crippen LogP contribution in [0, 0.1) is 11.3 Å². The third kappa shape index (κ3) is 3.52. The molecule has 0 aliphatic carbocycles. The molecule has 0 N–H and O–H groups in total. The second-order valence-electron chi connectivity index (χ2n) is 5.41. The Balaban J connectivity index is 2.03. The van der Waals surface area contributed by atoms with E-state index in [1.807, 2.05) is 66.7 Å². The lowest BCUT2D eigenvalue weighted by Gasteiger charge is -2.30. The number of hydrogen-bond donors (Lipinski definition) is 0. The summed E-state index contributed by atoms with van der Waals surface area (Å²) in [5.74, 6) is -1.41. The summed E-state index contributed by atoms with van der Waals surface area (Å²) in [7, 11) is -2.43. The van der Waals surface area contributed by atoms with Gasteiger partial charge in [0.2, 0.25) is 5.79 Å². The molecular formula is C18H18NO5P. The lowest BCUT2D eigenvalue weighted by molar-refractivity contribution is -0.193. The maximum atomic E-state index is 13.0. The molecule has 0 radical (unpaired) electrons. The van der Waals surface area contributed by atoms with Crippen LogP contribution in [-0.2, 0) is 28.7 Å². The fourth-order valence-electron chi connectivity index (χ4n) is 2.74. The van der Waals surface area contributed by atoms with Crippen molar-refractivity contribution < 1.29 is 22.9 Å². The molecule has 0 aromatic heterocycles. The Bertz CT molecular complexity index is 792. The number of ether oxygens (including phenoxy) is 1. The molecular weight excluding hydrogens is 341 g/mol. The number of hydrogen-bond acceptors (Lipinski definition) is 6. The Kier molecular flexibility index (Phi) is 5.33. The molecule has 0 bridgehead atoms. The molecule has 1 fully saturated rings. The van der Waals surface area contributed by atoms with Gasteiger partial charge in [-0.2, -0.15) is 5.26 Å². The molecule has 0 spiro atoms. The van der Waals surface area contributed by atoms with Crippen molar-refractivity contribution in [2.45, 2.75) is 18.3 Å². The molecule has 1 heterocycles. The topological polar surface area (TPSA) is 77.8 Å². The van der Waals surface area contributed by atoms with Gasteiger partial charge in [0, 0.05) is 12.7 Å². The average Bonchev–Trinajstić information content (AvgIpc) is 2.98. The first-order valence-corrected chi connectivity index (χ1v) is 9.26. The Hall–Kier alpha value is -2.00. The first-order valence-electron chi connectivity index (χ1n) is 7.80. The summed E-state index contributed by atoms with van der Waals surface area (Å²) >= 11 is 0. The highest BCUT2D eigenvalue weighted by atomic mass is 31.2. The number of phosphoric acid groups is 1. The van der Waals surface area contributed by atoms with Gasteiger partial charge in [0.15, 0.2) is 6.10 Å². The molecule has 2 aromatic carbocycles. The van der Waals surface area contributed by atoms with E-state index in [0.717, 1.165) is 5.56 Å². The summed E-state index contributed by atoms with van der Waals surface area (Å²) < 4.78 is 35.4. The van der Waals surface area contributed by atoms with E-state index >= 15 is 0 Å². The molecule has 25 heavy (non-hydrogen) atoms. The van der Waals surface area contributed by atoms with Gasteiger partial charge < -0.3 is 4.74 Å². The highest BCUT2D eigenvalue weighted by molar-refractivity contribution is 7.48. The number of methoxy groups -OCH3 is 1. The van der Waals surface area contributed by atoms with Crippen molar-refractivity contribution in [3.05, 3.63) is 71.8 Å². The van der Waals surface area contributed by atoms with Gasteiger partial charge in [-0.15, -0.1) is 0 Å². The lowest BCUT2D eigenvalue weighted by atomic mass is 9.94. The van der Waals surface area contributed by atoms with Gasteiger partial charge in [0.1, 0.15) is 0 Å². The standard InChI is InChI=1S/C18H18NO5P/c1-21-18(16-11-6-3-7-12-16)17(15-9-4-2-5-10-15)23-25(20,24-18)22-14-8-13-19/h2-7,9-12,17H,8,14H2,1H3. The van der Waals surface area contributed by atoms with E-state index in [-0.39, 0.29) is 13.0 Å². The quantitative estimate of drug-likeness (QED) is 0.565. The van der Waals surface area contributed by atoms with Crippen LogP contribution in [0.25, 0.3) is 0 Å². The molecule has 3 rings (SSSR count). The molecule has 1 saturated heterocycles. The molecule has 6 nitrogen and oxygen atoms in total. The highest BCUT2D eigenvalue weighted by Gasteiger charge is 2.59. The van der Waals surface area contributed by atoms with E-state index in [4.69, 9.17) is 23.6 Å². The first kappa shape index (κ1) is 17.8. The van der Waals surface area contributed by atoms with Gasteiger partial charge in [0.05, 0.1) is 19.1 Å². The maximum Gasteiger partial charge on any atom is 0.478 e. The predicted octanol–water partition coefficient (Wildman–Crippen LogP) is 4.31. The first-order chi connectivity index (χ1) is 12.1. The van der Waals surface area contributed by atoms with E-state index in [1.54, 1.807) is 0 Å². The van der Waals surface area contributed by atoms with Crippen LogP contribution in [0.2, 0.25) is 0 Å². The van der Waals surface area contributed by atoms with Gasteiger partial charge in [-0.25, -0.2) is 9.09 Å². The predicted molar refractivity (Wildman–Crippen MR) is 90.3 cm³/mol. The van der Waals surface area contributed by atoms with Crippen molar-refractivity contribution in [1.29, 1.82) is 5.26 Å². The second kappa shape index (κ2) is 7.49. The van der Waals surface area contributed by atoms with Crippen molar-refractivity contribution in [3.8, 4) is 6.07 Å². The van der Waals surface area contributed by atoms with E-state index in [2.05, 4.69) is 0 Å². The van der Waals surface area contributed by atoms with Gasteiger partial charge in [0.25, 0.3) is 0 Å². The zero-order valence-corrected chi connectivity index (χ0v) is 14.6. The number of phosphoric ester groups is 1. The number of benzene rings is 2. The molecule has 1 aliphatic rings. The third-order valence-electron chi connectivity index (χ3n) is 3.87. The van der Waals surface area contributed by atoms with Crippen LogP contribution >= 0.6 is 7.82 Å². The van der Waals surface area contributed by atoms with Crippen molar-refractivity contribution in [2.75, 3.05) is 13.7 Å². The summed E-state index contributed by atoms with van der Waals surface area (Å²) in [6.45, 7) is -0.0517. The normalized spacial score (nSPS) is 28.6. The lowest BCUT2D eigenvalue weighted by Crippen LogP contribution is -2.33. The van der Waals surface area contributed by atoms with Crippen LogP contribution in [0.5, 0.6) is 0 Å². The van der Waals surface area contributed by atoms with E-state index in [1.165, 1.54) is 7.11 Å². The molecule has 1 aliphatic heterocycles. The average molecular weight is 359 g/mol. The highest BCUT2D eigenvalue weighted by Crippen LogP contribution is 2.68. The minimum Gasteiger partial charge on any atom is -0.347 e. The van der Waals surface area contributed by atoms with E-state index in [0.29, 0.717) is 5.56 Å². The summed E-state index contributed by atoms with van der Waals surface area (Å²) in [6, 6.07) is 20.4. The van der Waals surface area contributed by atoms with Gasteiger partial charge in [-0.3, -0.25) is 9.05 Å². The molecule has 7 heteroatoms. The van der Waals surface area contributed by atoms with Gasteiger partial charge in [-0.05, 0) is 5.56 Å². The number of nitrogens with zero attached hydrogens (tertiary/aromatic N) is 1. The van der Waals surface area contributed by atoms with Crippen LogP contribution in [-0.4, -0.2) is 13.7 Å². The molecule has 130 valence electrons. The SMILES string of the molecule is COC1(c2ccccc2)OP(=O)(OCCC#N)OC1c1ccccc1. The molecule has 3 atom stereocenters. The van der Waals surface area contributed by atoms with Crippen molar-refractivity contribution in [2.24, 2.45) is 0 Å². The second-order valence-corrected chi connectivity index (χ2v) is 6.96. The van der Waals surface area contributed by atoms with Crippen LogP contribution in [0.4, 0.5) is 0 Å². The van der Waals surface area contributed by atoms with Crippen molar-refractivity contribution in [3.63, 3.8) is 0 Å². The van der Waals surface area contributed by atoms with Gasteiger partial charge >= 0.3 is 7.82 Å². The fourth-order valence-corrected chi connectivity index (χ4v) is 4.34. The Morgan fingerprint density at radius 1 is 1.16 bits per heavy atom. The minimum atomic E-state index is -3.90. The van der Waals surface area contributed by atoms with Gasteiger partial charge in [-0.1, -0.05) is 60.7 Å². The van der Waals surface area contributed by atoms with Crippen LogP contribution in [0.1, 0.15) is 23.7 Å². The Morgan fingerprint density at radius 3 is 2.40 bits per heavy atom. The molecule has 0 saturated carbocycles. The number of nitriles is 1. The Morgan fingerprint density at radius 2 is 1.80 bits per heavy atom. The molecule has 3 unspecified atom stereocenters. The fraction of sp³-hybridized carbons (Fsp3) is 0.278. The maximum absolute atomic E-state index is 13.0. The summed E-state index contributed by atoms with van der Waals surface area (Å²) in [6.07, 6.45) is -0.702. The van der Waals surface area contributed by atoms with E-state index in [9.17, 15) is 4.57 Å². The minimum absolute atomic E-state index is 0.0517. The van der Waals surface area contributed by atoms with Crippen LogP contribution < -0.4 is 0 Å². The van der Waals surface area contributed by atoms with Crippen molar-refractivity contribution in [1.82, 2.24) is 0 Å². The zero-order chi connectivity index (χ0) is 17.8. The Labute approximate surface area is 146 Å². The third-order valence-corrected chi connectivity index (χ3v) is 5.33.